The maximum absolute atomic E-state index is 12.3. The number of amides is 1. The Kier molecular flexibility index (Phi) is 5.41. The van der Waals surface area contributed by atoms with E-state index in [1.807, 2.05) is 13.8 Å². The fourth-order valence-electron chi connectivity index (χ4n) is 2.64. The van der Waals surface area contributed by atoms with Crippen molar-refractivity contribution in [2.24, 2.45) is 0 Å². The molecule has 0 saturated heterocycles. The van der Waals surface area contributed by atoms with Gasteiger partial charge in [-0.15, -0.1) is 24.5 Å². The second kappa shape index (κ2) is 7.63. The number of nitrogens with one attached hydrogen (secondary N) is 2. The molecule has 2 N–H and O–H groups in total. The van der Waals surface area contributed by atoms with Gasteiger partial charge < -0.3 is 15.0 Å². The number of hydrogen-bond donors (Lipinski definition) is 2. The fraction of sp³-hybridized carbons (Fsp3) is 0.278. The molecule has 148 valence electrons. The van der Waals surface area contributed by atoms with Crippen LogP contribution < -0.4 is 15.6 Å². The molecule has 2 aromatic heterocycles. The number of carbonyl (C=O) groups is 1. The third kappa shape index (κ3) is 4.69. The van der Waals surface area contributed by atoms with Gasteiger partial charge in [0.25, 0.3) is 5.56 Å². The summed E-state index contributed by atoms with van der Waals surface area (Å²) in [5, 5.41) is 3.05. The zero-order valence-corrected chi connectivity index (χ0v) is 15.8. The summed E-state index contributed by atoms with van der Waals surface area (Å²) in [6.07, 6.45) is -4.62. The first-order valence-electron chi connectivity index (χ1n) is 8.27. The summed E-state index contributed by atoms with van der Waals surface area (Å²) in [4.78, 5) is 33.0. The summed E-state index contributed by atoms with van der Waals surface area (Å²) in [6.45, 7) is 3.76. The molecule has 3 rings (SSSR count). The van der Waals surface area contributed by atoms with Crippen molar-refractivity contribution in [1.82, 2.24) is 9.97 Å². The maximum Gasteiger partial charge on any atom is 0.573 e. The van der Waals surface area contributed by atoms with Gasteiger partial charge in [0.15, 0.2) is 0 Å². The molecule has 1 aromatic carbocycles. The van der Waals surface area contributed by atoms with Crippen molar-refractivity contribution in [2.45, 2.75) is 33.1 Å². The number of benzene rings is 1. The third-order valence-electron chi connectivity index (χ3n) is 4.03. The number of anilines is 1. The number of hydrogen-bond acceptors (Lipinski definition) is 5. The predicted octanol–water partition coefficient (Wildman–Crippen LogP) is 4.07. The molecule has 6 nitrogen and oxygen atoms in total. The van der Waals surface area contributed by atoms with Crippen LogP contribution in [0.5, 0.6) is 5.75 Å². The number of fused-ring (bicyclic) bond motifs is 1. The van der Waals surface area contributed by atoms with Crippen LogP contribution in [0, 0.1) is 13.8 Å². The lowest BCUT2D eigenvalue weighted by atomic mass is 10.2. The number of aromatic nitrogens is 2. The minimum absolute atomic E-state index is 0.00212. The highest BCUT2D eigenvalue weighted by Gasteiger charge is 2.31. The Morgan fingerprint density at radius 2 is 2.07 bits per heavy atom. The molecule has 0 radical (unpaired) electrons. The van der Waals surface area contributed by atoms with Gasteiger partial charge in [0.2, 0.25) is 5.91 Å². The number of aryl methyl sites for hydroxylation is 3. The van der Waals surface area contributed by atoms with Crippen LogP contribution in [0.4, 0.5) is 18.9 Å². The van der Waals surface area contributed by atoms with Gasteiger partial charge >= 0.3 is 6.36 Å². The largest absolute Gasteiger partial charge is 0.573 e. The molecule has 10 heteroatoms. The van der Waals surface area contributed by atoms with Crippen molar-refractivity contribution in [2.75, 3.05) is 5.32 Å². The zero-order chi connectivity index (χ0) is 20.5. The summed E-state index contributed by atoms with van der Waals surface area (Å²) in [5.74, 6) is -0.473. The first-order chi connectivity index (χ1) is 13.1. The van der Waals surface area contributed by atoms with Gasteiger partial charge in [0.1, 0.15) is 16.4 Å². The van der Waals surface area contributed by atoms with E-state index in [-0.39, 0.29) is 24.1 Å². The van der Waals surface area contributed by atoms with Crippen molar-refractivity contribution in [3.05, 3.63) is 50.9 Å². The number of thiophene rings is 1. The average molecular weight is 411 g/mol. The quantitative estimate of drug-likeness (QED) is 0.663. The Morgan fingerprint density at radius 1 is 1.32 bits per heavy atom. The molecule has 0 spiro atoms. The van der Waals surface area contributed by atoms with Crippen LogP contribution in [0.1, 0.15) is 22.7 Å². The molecule has 0 atom stereocenters. The van der Waals surface area contributed by atoms with Gasteiger partial charge in [-0.3, -0.25) is 9.59 Å². The molecule has 0 bridgehead atoms. The fourth-order valence-corrected chi connectivity index (χ4v) is 3.69. The van der Waals surface area contributed by atoms with E-state index in [0.29, 0.717) is 16.0 Å². The summed E-state index contributed by atoms with van der Waals surface area (Å²) in [7, 11) is 0. The van der Waals surface area contributed by atoms with Crippen LogP contribution in [-0.2, 0) is 11.2 Å². The molecule has 1 amide bonds. The number of aromatic amines is 1. The number of ether oxygens (including phenoxy) is 1. The van der Waals surface area contributed by atoms with E-state index in [4.69, 9.17) is 0 Å². The van der Waals surface area contributed by atoms with Gasteiger partial charge in [-0.25, -0.2) is 4.98 Å². The highest BCUT2D eigenvalue weighted by Crippen LogP contribution is 2.26. The Labute approximate surface area is 161 Å². The molecule has 0 aliphatic carbocycles. The standard InChI is InChI=1S/C18H16F3N3O3S/c1-9-10(2)28-17-15(9)16(26)23-13(24-17)6-7-14(25)22-11-4-3-5-12(8-11)27-18(19,20)21/h3-5,8H,6-7H2,1-2H3,(H,22,25)(H,23,24,26). The highest BCUT2D eigenvalue weighted by atomic mass is 32.1. The van der Waals surface area contributed by atoms with E-state index in [1.165, 1.54) is 23.5 Å². The second-order valence-electron chi connectivity index (χ2n) is 6.10. The molecular formula is C18H16F3N3O3S. The summed E-state index contributed by atoms with van der Waals surface area (Å²) in [6, 6.07) is 5.00. The Balaban J connectivity index is 1.66. The number of halogens is 3. The minimum atomic E-state index is -4.81. The Hall–Kier alpha value is -2.88. The van der Waals surface area contributed by atoms with Crippen LogP contribution in [-0.4, -0.2) is 22.2 Å². The lowest BCUT2D eigenvalue weighted by molar-refractivity contribution is -0.274. The monoisotopic (exact) mass is 411 g/mol. The second-order valence-corrected chi connectivity index (χ2v) is 7.30. The molecule has 0 fully saturated rings. The summed E-state index contributed by atoms with van der Waals surface area (Å²) < 4.78 is 40.6. The molecule has 2 heterocycles. The van der Waals surface area contributed by atoms with E-state index in [0.717, 1.165) is 22.6 Å². The van der Waals surface area contributed by atoms with E-state index in [9.17, 15) is 22.8 Å². The van der Waals surface area contributed by atoms with Gasteiger partial charge in [-0.2, -0.15) is 0 Å². The Morgan fingerprint density at radius 3 is 2.79 bits per heavy atom. The molecule has 0 unspecified atom stereocenters. The Bertz CT molecular complexity index is 1090. The van der Waals surface area contributed by atoms with Crippen molar-refractivity contribution in [3.63, 3.8) is 0 Å². The minimum Gasteiger partial charge on any atom is -0.406 e. The van der Waals surface area contributed by atoms with Crippen molar-refractivity contribution < 1.29 is 22.7 Å². The summed E-state index contributed by atoms with van der Waals surface area (Å²) in [5.41, 5.74) is 0.812. The SMILES string of the molecule is Cc1sc2nc(CCC(=O)Nc3cccc(OC(F)(F)F)c3)[nH]c(=O)c2c1C. The van der Waals surface area contributed by atoms with Crippen LogP contribution in [0.2, 0.25) is 0 Å². The summed E-state index contributed by atoms with van der Waals surface area (Å²) >= 11 is 1.41. The van der Waals surface area contributed by atoms with E-state index in [1.54, 1.807) is 0 Å². The van der Waals surface area contributed by atoms with Gasteiger partial charge in [0.05, 0.1) is 5.39 Å². The van der Waals surface area contributed by atoms with E-state index < -0.39 is 18.0 Å². The molecular weight excluding hydrogens is 395 g/mol. The van der Waals surface area contributed by atoms with Crippen molar-refractivity contribution in [3.8, 4) is 5.75 Å². The highest BCUT2D eigenvalue weighted by molar-refractivity contribution is 7.18. The number of nitrogens with zero attached hydrogens (tertiary/aromatic N) is 1. The zero-order valence-electron chi connectivity index (χ0n) is 14.9. The van der Waals surface area contributed by atoms with Crippen molar-refractivity contribution >= 4 is 33.1 Å². The first-order valence-corrected chi connectivity index (χ1v) is 9.08. The predicted molar refractivity (Wildman–Crippen MR) is 99.8 cm³/mol. The molecule has 3 aromatic rings. The molecule has 28 heavy (non-hydrogen) atoms. The maximum atomic E-state index is 12.3. The number of alkyl halides is 3. The normalized spacial score (nSPS) is 11.6. The van der Waals surface area contributed by atoms with E-state index >= 15 is 0 Å². The van der Waals surface area contributed by atoms with Crippen LogP contribution in [0.15, 0.2) is 29.1 Å². The topological polar surface area (TPSA) is 84.1 Å². The molecule has 0 aliphatic heterocycles. The first kappa shape index (κ1) is 19.9. The number of carbonyl (C=O) groups excluding carboxylic acids is 1. The van der Waals surface area contributed by atoms with Gasteiger partial charge in [-0.05, 0) is 31.5 Å². The van der Waals surface area contributed by atoms with Gasteiger partial charge in [0, 0.05) is 29.5 Å². The van der Waals surface area contributed by atoms with Gasteiger partial charge in [-0.1, -0.05) is 6.07 Å². The van der Waals surface area contributed by atoms with Crippen molar-refractivity contribution in [1.29, 1.82) is 0 Å². The van der Waals surface area contributed by atoms with Crippen LogP contribution in [0.25, 0.3) is 10.2 Å². The van der Waals surface area contributed by atoms with E-state index in [2.05, 4.69) is 20.0 Å². The van der Waals surface area contributed by atoms with Crippen LogP contribution >= 0.6 is 11.3 Å². The molecule has 0 aliphatic rings. The lowest BCUT2D eigenvalue weighted by Crippen LogP contribution is -2.18. The number of H-pyrrole nitrogens is 1. The smallest absolute Gasteiger partial charge is 0.406 e. The third-order valence-corrected chi connectivity index (χ3v) is 5.13. The van der Waals surface area contributed by atoms with Crippen LogP contribution in [0.3, 0.4) is 0 Å². The number of rotatable bonds is 5. The molecule has 0 saturated carbocycles. The lowest BCUT2D eigenvalue weighted by Gasteiger charge is -2.10. The average Bonchev–Trinajstić information content (AvgIpc) is 2.86.